The Bertz CT molecular complexity index is 612. The summed E-state index contributed by atoms with van der Waals surface area (Å²) in [5.41, 5.74) is 2.96. The first kappa shape index (κ1) is 16.1. The molecule has 0 saturated carbocycles. The molecule has 1 N–H and O–H groups in total. The van der Waals surface area contributed by atoms with E-state index in [0.717, 1.165) is 16.8 Å². The predicted octanol–water partition coefficient (Wildman–Crippen LogP) is 4.63. The minimum atomic E-state index is -0.0969. The maximum absolute atomic E-state index is 12.5. The van der Waals surface area contributed by atoms with E-state index in [0.29, 0.717) is 13.1 Å². The quantitative estimate of drug-likeness (QED) is 0.894. The Morgan fingerprint density at radius 2 is 1.95 bits per heavy atom. The molecule has 0 aliphatic carbocycles. The van der Waals surface area contributed by atoms with Crippen LogP contribution in [-0.2, 0) is 12.0 Å². The Kier molecular flexibility index (Phi) is 4.91. The Morgan fingerprint density at radius 3 is 2.55 bits per heavy atom. The van der Waals surface area contributed by atoms with Crippen molar-refractivity contribution in [2.45, 2.75) is 39.7 Å². The van der Waals surface area contributed by atoms with Gasteiger partial charge in [0.25, 0.3) is 0 Å². The molecule has 0 spiro atoms. The fourth-order valence-electron chi connectivity index (χ4n) is 2.37. The monoisotopic (exact) mass is 300 g/mol. The van der Waals surface area contributed by atoms with E-state index in [9.17, 15) is 4.79 Å². The van der Waals surface area contributed by atoms with Crippen LogP contribution in [0, 0.1) is 0 Å². The summed E-state index contributed by atoms with van der Waals surface area (Å²) in [4.78, 5) is 14.3. The van der Waals surface area contributed by atoms with E-state index in [4.69, 9.17) is 4.42 Å². The number of rotatable bonds is 4. The zero-order valence-corrected chi connectivity index (χ0v) is 13.7. The van der Waals surface area contributed by atoms with Crippen LogP contribution in [0.15, 0.2) is 47.3 Å². The van der Waals surface area contributed by atoms with Crippen molar-refractivity contribution in [2.24, 2.45) is 0 Å². The van der Waals surface area contributed by atoms with Gasteiger partial charge in [0, 0.05) is 17.8 Å². The Balaban J connectivity index is 2.14. The number of hydrogen-bond donors (Lipinski definition) is 1. The second-order valence-electron chi connectivity index (χ2n) is 6.37. The smallest absolute Gasteiger partial charge is 0.322 e. The molecule has 2 rings (SSSR count). The minimum Gasteiger partial charge on any atom is -0.472 e. The van der Waals surface area contributed by atoms with Gasteiger partial charge in [-0.15, -0.1) is 0 Å². The van der Waals surface area contributed by atoms with Crippen LogP contribution in [0.1, 0.15) is 38.8 Å². The van der Waals surface area contributed by atoms with Crippen LogP contribution < -0.4 is 5.32 Å². The van der Waals surface area contributed by atoms with E-state index in [-0.39, 0.29) is 11.4 Å². The molecule has 0 saturated heterocycles. The molecule has 0 unspecified atom stereocenters. The van der Waals surface area contributed by atoms with E-state index in [1.165, 1.54) is 0 Å². The number of para-hydroxylation sites is 1. The molecule has 4 heteroatoms. The van der Waals surface area contributed by atoms with Crippen LogP contribution >= 0.6 is 0 Å². The zero-order valence-electron chi connectivity index (χ0n) is 13.7. The largest absolute Gasteiger partial charge is 0.472 e. The van der Waals surface area contributed by atoms with Crippen LogP contribution in [0.4, 0.5) is 10.5 Å². The number of nitrogens with zero attached hydrogens (tertiary/aromatic N) is 1. The van der Waals surface area contributed by atoms with Crippen molar-refractivity contribution in [3.63, 3.8) is 0 Å². The van der Waals surface area contributed by atoms with Crippen LogP contribution in [-0.4, -0.2) is 17.5 Å². The van der Waals surface area contributed by atoms with Gasteiger partial charge >= 0.3 is 6.03 Å². The fraction of sp³-hybridized carbons (Fsp3) is 0.389. The lowest BCUT2D eigenvalue weighted by molar-refractivity contribution is 0.212. The molecule has 0 fully saturated rings. The fourth-order valence-corrected chi connectivity index (χ4v) is 2.37. The van der Waals surface area contributed by atoms with Crippen molar-refractivity contribution in [3.8, 4) is 0 Å². The summed E-state index contributed by atoms with van der Waals surface area (Å²) >= 11 is 0. The maximum Gasteiger partial charge on any atom is 0.322 e. The van der Waals surface area contributed by atoms with Crippen molar-refractivity contribution in [1.82, 2.24) is 4.90 Å². The van der Waals surface area contributed by atoms with Gasteiger partial charge in [-0.1, -0.05) is 39.0 Å². The first-order valence-electron chi connectivity index (χ1n) is 7.58. The molecule has 0 radical (unpaired) electrons. The first-order valence-corrected chi connectivity index (χ1v) is 7.58. The van der Waals surface area contributed by atoms with E-state index >= 15 is 0 Å². The highest BCUT2D eigenvalue weighted by Crippen LogP contribution is 2.29. The van der Waals surface area contributed by atoms with Crippen molar-refractivity contribution in [3.05, 3.63) is 54.0 Å². The molecule has 4 nitrogen and oxygen atoms in total. The number of amides is 2. The third kappa shape index (κ3) is 3.91. The summed E-state index contributed by atoms with van der Waals surface area (Å²) in [5, 5.41) is 3.04. The molecule has 0 bridgehead atoms. The van der Waals surface area contributed by atoms with Gasteiger partial charge in [0.2, 0.25) is 0 Å². The van der Waals surface area contributed by atoms with Crippen molar-refractivity contribution < 1.29 is 9.21 Å². The molecule has 2 amide bonds. The molecule has 1 heterocycles. The molecule has 2 aromatic rings. The van der Waals surface area contributed by atoms with Crippen molar-refractivity contribution >= 4 is 11.7 Å². The molecule has 1 aromatic heterocycles. The lowest BCUT2D eigenvalue weighted by Gasteiger charge is -2.25. The third-order valence-corrected chi connectivity index (χ3v) is 3.60. The number of furan rings is 1. The minimum absolute atomic E-state index is 0.0223. The maximum atomic E-state index is 12.5. The summed E-state index contributed by atoms with van der Waals surface area (Å²) in [6, 6.07) is 9.72. The first-order chi connectivity index (χ1) is 10.4. The van der Waals surface area contributed by atoms with Gasteiger partial charge < -0.3 is 14.6 Å². The van der Waals surface area contributed by atoms with E-state index in [2.05, 4.69) is 32.2 Å². The van der Waals surface area contributed by atoms with Gasteiger partial charge in [-0.3, -0.25) is 0 Å². The average molecular weight is 300 g/mol. The Hall–Kier alpha value is -2.23. The van der Waals surface area contributed by atoms with Crippen LogP contribution in [0.5, 0.6) is 0 Å². The molecule has 0 atom stereocenters. The topological polar surface area (TPSA) is 45.5 Å². The molecule has 118 valence electrons. The van der Waals surface area contributed by atoms with E-state index in [1.54, 1.807) is 17.4 Å². The second-order valence-corrected chi connectivity index (χ2v) is 6.37. The summed E-state index contributed by atoms with van der Waals surface area (Å²) in [6.07, 6.45) is 3.29. The average Bonchev–Trinajstić information content (AvgIpc) is 2.97. The lowest BCUT2D eigenvalue weighted by atomic mass is 9.86. The number of hydrogen-bond acceptors (Lipinski definition) is 2. The summed E-state index contributed by atoms with van der Waals surface area (Å²) in [7, 11) is 0. The number of anilines is 1. The number of carbonyl (C=O) groups is 1. The van der Waals surface area contributed by atoms with Gasteiger partial charge in [-0.25, -0.2) is 4.79 Å². The van der Waals surface area contributed by atoms with Crippen molar-refractivity contribution in [2.75, 3.05) is 11.9 Å². The second kappa shape index (κ2) is 6.69. The molecule has 1 aromatic carbocycles. The standard InChI is InChI=1S/C18H24N2O2/c1-5-20(12-14-10-11-22-13-14)17(21)19-16-9-7-6-8-15(16)18(2,3)4/h6-11,13H,5,12H2,1-4H3,(H,19,21). The van der Waals surface area contributed by atoms with Gasteiger partial charge in [0.05, 0.1) is 19.1 Å². The number of carbonyl (C=O) groups excluding carboxylic acids is 1. The van der Waals surface area contributed by atoms with Gasteiger partial charge in [0.1, 0.15) is 0 Å². The predicted molar refractivity (Wildman–Crippen MR) is 89.0 cm³/mol. The van der Waals surface area contributed by atoms with Gasteiger partial charge in [-0.2, -0.15) is 0 Å². The highest BCUT2D eigenvalue weighted by atomic mass is 16.3. The van der Waals surface area contributed by atoms with Gasteiger partial charge in [-0.05, 0) is 30.0 Å². The molecular weight excluding hydrogens is 276 g/mol. The molecule has 0 aliphatic heterocycles. The van der Waals surface area contributed by atoms with Crippen LogP contribution in [0.2, 0.25) is 0 Å². The summed E-state index contributed by atoms with van der Waals surface area (Å²) < 4.78 is 5.06. The summed E-state index contributed by atoms with van der Waals surface area (Å²) in [6.45, 7) is 9.56. The lowest BCUT2D eigenvalue weighted by Crippen LogP contribution is -2.34. The van der Waals surface area contributed by atoms with Gasteiger partial charge in [0.15, 0.2) is 0 Å². The molecular formula is C18H24N2O2. The third-order valence-electron chi connectivity index (χ3n) is 3.60. The molecule has 0 aliphatic rings. The van der Waals surface area contributed by atoms with Crippen LogP contribution in [0.25, 0.3) is 0 Å². The number of urea groups is 1. The molecule has 22 heavy (non-hydrogen) atoms. The van der Waals surface area contributed by atoms with E-state index < -0.39 is 0 Å². The highest BCUT2D eigenvalue weighted by Gasteiger charge is 2.20. The van der Waals surface area contributed by atoms with Crippen molar-refractivity contribution in [1.29, 1.82) is 0 Å². The Morgan fingerprint density at radius 1 is 1.23 bits per heavy atom. The normalized spacial score (nSPS) is 11.3. The van der Waals surface area contributed by atoms with E-state index in [1.807, 2.05) is 31.2 Å². The SMILES string of the molecule is CCN(Cc1ccoc1)C(=O)Nc1ccccc1C(C)(C)C. The highest BCUT2D eigenvalue weighted by molar-refractivity contribution is 5.90. The zero-order chi connectivity index (χ0) is 16.2. The summed E-state index contributed by atoms with van der Waals surface area (Å²) in [5.74, 6) is 0. The number of nitrogens with one attached hydrogen (secondary N) is 1. The number of benzene rings is 1. The Labute approximate surface area is 132 Å². The van der Waals surface area contributed by atoms with Crippen LogP contribution in [0.3, 0.4) is 0 Å².